The molecule has 0 aliphatic heterocycles. The number of aromatic nitrogens is 2. The summed E-state index contributed by atoms with van der Waals surface area (Å²) in [6, 6.07) is -0.349. The molecule has 1 aliphatic carbocycles. The van der Waals surface area contributed by atoms with Gasteiger partial charge < -0.3 is 10.4 Å². The molecule has 0 saturated heterocycles. The van der Waals surface area contributed by atoms with E-state index in [4.69, 9.17) is 0 Å². The lowest BCUT2D eigenvalue weighted by Gasteiger charge is -2.38. The van der Waals surface area contributed by atoms with E-state index in [0.717, 1.165) is 24.6 Å². The van der Waals surface area contributed by atoms with Gasteiger partial charge in [-0.2, -0.15) is 8.75 Å². The summed E-state index contributed by atoms with van der Waals surface area (Å²) in [5.74, 6) is -1.20. The molecule has 0 aromatic carbocycles. The zero-order valence-electron chi connectivity index (χ0n) is 10.0. The van der Waals surface area contributed by atoms with Gasteiger partial charge in [-0.25, -0.2) is 0 Å². The molecular formula is C11H15N3O3S. The molecule has 2 unspecified atom stereocenters. The molecule has 2 N–H and O–H groups in total. The number of nitrogens with one attached hydrogen (secondary N) is 1. The van der Waals surface area contributed by atoms with Crippen molar-refractivity contribution in [3.05, 3.63) is 11.9 Å². The second-order valence-corrected chi connectivity index (χ2v) is 5.34. The Labute approximate surface area is 109 Å². The Morgan fingerprint density at radius 1 is 1.56 bits per heavy atom. The standard InChI is InChI=1S/C11H15N3O3S/c1-11(10(16)17)5-3-2-4-8(11)13-9(15)7-6-12-18-14-7/h6,8H,2-5H2,1H3,(H,13,15)(H,16,17). The lowest BCUT2D eigenvalue weighted by atomic mass is 9.71. The molecule has 2 rings (SSSR count). The summed E-state index contributed by atoms with van der Waals surface area (Å²) in [4.78, 5) is 23.3. The first-order valence-electron chi connectivity index (χ1n) is 5.86. The summed E-state index contributed by atoms with van der Waals surface area (Å²) < 4.78 is 7.61. The number of hydrogen-bond acceptors (Lipinski definition) is 5. The quantitative estimate of drug-likeness (QED) is 0.863. The predicted molar refractivity (Wildman–Crippen MR) is 65.4 cm³/mol. The molecule has 1 aromatic rings. The van der Waals surface area contributed by atoms with E-state index < -0.39 is 11.4 Å². The molecule has 1 fully saturated rings. The second kappa shape index (κ2) is 5.01. The number of carboxylic acids is 1. The van der Waals surface area contributed by atoms with Gasteiger partial charge in [0.15, 0.2) is 5.69 Å². The molecule has 1 aromatic heterocycles. The van der Waals surface area contributed by atoms with E-state index >= 15 is 0 Å². The molecule has 1 amide bonds. The van der Waals surface area contributed by atoms with Crippen molar-refractivity contribution in [1.82, 2.24) is 14.1 Å². The average molecular weight is 269 g/mol. The second-order valence-electron chi connectivity index (χ2n) is 4.79. The minimum Gasteiger partial charge on any atom is -0.481 e. The van der Waals surface area contributed by atoms with Crippen molar-refractivity contribution in [2.45, 2.75) is 38.6 Å². The molecule has 7 heteroatoms. The molecule has 2 atom stereocenters. The van der Waals surface area contributed by atoms with E-state index in [1.165, 1.54) is 6.20 Å². The molecule has 98 valence electrons. The van der Waals surface area contributed by atoms with Gasteiger partial charge in [0.2, 0.25) is 0 Å². The van der Waals surface area contributed by atoms with Crippen LogP contribution in [0.25, 0.3) is 0 Å². The zero-order chi connectivity index (χ0) is 13.2. The van der Waals surface area contributed by atoms with Crippen LogP contribution in [0, 0.1) is 5.41 Å². The van der Waals surface area contributed by atoms with Gasteiger partial charge in [-0.3, -0.25) is 9.59 Å². The van der Waals surface area contributed by atoms with E-state index in [1.807, 2.05) is 0 Å². The van der Waals surface area contributed by atoms with Crippen LogP contribution in [0.4, 0.5) is 0 Å². The number of nitrogens with zero attached hydrogens (tertiary/aromatic N) is 2. The first-order valence-corrected chi connectivity index (χ1v) is 6.59. The fourth-order valence-electron chi connectivity index (χ4n) is 2.32. The van der Waals surface area contributed by atoms with Gasteiger partial charge >= 0.3 is 5.97 Å². The third kappa shape index (κ3) is 2.35. The minimum absolute atomic E-state index is 0.248. The van der Waals surface area contributed by atoms with Crippen LogP contribution >= 0.6 is 11.7 Å². The number of aliphatic carboxylic acids is 1. The maximum absolute atomic E-state index is 11.9. The van der Waals surface area contributed by atoms with Gasteiger partial charge in [0, 0.05) is 6.04 Å². The van der Waals surface area contributed by atoms with E-state index in [1.54, 1.807) is 6.92 Å². The largest absolute Gasteiger partial charge is 0.481 e. The number of carboxylic acid groups (broad SMARTS) is 1. The van der Waals surface area contributed by atoms with Crippen LogP contribution in [0.15, 0.2) is 6.20 Å². The Morgan fingerprint density at radius 2 is 2.33 bits per heavy atom. The Balaban J connectivity index is 2.11. The predicted octanol–water partition coefficient (Wildman–Crippen LogP) is 1.30. The fraction of sp³-hybridized carbons (Fsp3) is 0.636. The van der Waals surface area contributed by atoms with Crippen LogP contribution < -0.4 is 5.32 Å². The number of amides is 1. The van der Waals surface area contributed by atoms with Crippen molar-refractivity contribution in [3.8, 4) is 0 Å². The summed E-state index contributed by atoms with van der Waals surface area (Å²) in [5, 5.41) is 12.1. The van der Waals surface area contributed by atoms with Crippen LogP contribution in [0.2, 0.25) is 0 Å². The highest BCUT2D eigenvalue weighted by atomic mass is 32.1. The lowest BCUT2D eigenvalue weighted by molar-refractivity contribution is -0.151. The molecule has 1 heterocycles. The normalized spacial score (nSPS) is 27.7. The molecule has 6 nitrogen and oxygen atoms in total. The molecule has 0 bridgehead atoms. The lowest BCUT2D eigenvalue weighted by Crippen LogP contribution is -2.52. The number of carbonyl (C=O) groups excluding carboxylic acids is 1. The van der Waals surface area contributed by atoms with Crippen molar-refractivity contribution in [1.29, 1.82) is 0 Å². The van der Waals surface area contributed by atoms with Gasteiger partial charge in [-0.1, -0.05) is 12.8 Å². The van der Waals surface area contributed by atoms with Gasteiger partial charge in [-0.15, -0.1) is 0 Å². The van der Waals surface area contributed by atoms with Gasteiger partial charge in [0.05, 0.1) is 23.3 Å². The Kier molecular flexibility index (Phi) is 3.60. The molecule has 0 spiro atoms. The van der Waals surface area contributed by atoms with Crippen LogP contribution in [0.5, 0.6) is 0 Å². The van der Waals surface area contributed by atoms with Crippen molar-refractivity contribution < 1.29 is 14.7 Å². The summed E-state index contributed by atoms with van der Waals surface area (Å²) in [6.07, 6.45) is 4.48. The van der Waals surface area contributed by atoms with Gasteiger partial charge in [0.25, 0.3) is 5.91 Å². The SMILES string of the molecule is CC1(C(=O)O)CCCCC1NC(=O)c1cnsn1. The monoisotopic (exact) mass is 269 g/mol. The summed E-state index contributed by atoms with van der Waals surface area (Å²) in [5.41, 5.74) is -0.643. The van der Waals surface area contributed by atoms with Crippen molar-refractivity contribution in [2.24, 2.45) is 5.41 Å². The maximum Gasteiger partial charge on any atom is 0.311 e. The van der Waals surface area contributed by atoms with E-state index in [9.17, 15) is 14.7 Å². The summed E-state index contributed by atoms with van der Waals surface area (Å²) >= 11 is 0.959. The highest BCUT2D eigenvalue weighted by Crippen LogP contribution is 2.36. The fourth-order valence-corrected chi connectivity index (χ4v) is 2.73. The summed E-state index contributed by atoms with van der Waals surface area (Å²) in [6.45, 7) is 1.69. The third-order valence-corrected chi connectivity index (χ3v) is 4.07. The number of carbonyl (C=O) groups is 2. The van der Waals surface area contributed by atoms with Crippen molar-refractivity contribution >= 4 is 23.6 Å². The topological polar surface area (TPSA) is 92.2 Å². The molecule has 1 saturated carbocycles. The first-order chi connectivity index (χ1) is 8.54. The number of rotatable bonds is 3. The van der Waals surface area contributed by atoms with Crippen LogP contribution in [0.3, 0.4) is 0 Å². The van der Waals surface area contributed by atoms with Gasteiger partial charge in [0.1, 0.15) is 0 Å². The average Bonchev–Trinajstić information content (AvgIpc) is 2.85. The maximum atomic E-state index is 11.9. The third-order valence-electron chi connectivity index (χ3n) is 3.60. The first kappa shape index (κ1) is 12.9. The Bertz CT molecular complexity index is 448. The van der Waals surface area contributed by atoms with Crippen LogP contribution in [-0.4, -0.2) is 31.8 Å². The Morgan fingerprint density at radius 3 is 2.94 bits per heavy atom. The Hall–Kier alpha value is -1.50. The molecule has 0 radical (unpaired) electrons. The zero-order valence-corrected chi connectivity index (χ0v) is 10.9. The van der Waals surface area contributed by atoms with E-state index in [0.29, 0.717) is 12.8 Å². The molecule has 18 heavy (non-hydrogen) atoms. The summed E-state index contributed by atoms with van der Waals surface area (Å²) in [7, 11) is 0. The van der Waals surface area contributed by atoms with Crippen molar-refractivity contribution in [2.75, 3.05) is 0 Å². The molecule has 1 aliphatic rings. The smallest absolute Gasteiger partial charge is 0.311 e. The van der Waals surface area contributed by atoms with E-state index in [2.05, 4.69) is 14.1 Å². The van der Waals surface area contributed by atoms with Crippen LogP contribution in [-0.2, 0) is 4.79 Å². The minimum atomic E-state index is -0.892. The highest BCUT2D eigenvalue weighted by molar-refractivity contribution is 6.99. The molecular weight excluding hydrogens is 254 g/mol. The van der Waals surface area contributed by atoms with Gasteiger partial charge in [-0.05, 0) is 19.8 Å². The van der Waals surface area contributed by atoms with Crippen LogP contribution in [0.1, 0.15) is 43.1 Å². The number of hydrogen-bond donors (Lipinski definition) is 2. The van der Waals surface area contributed by atoms with Crippen molar-refractivity contribution in [3.63, 3.8) is 0 Å². The highest BCUT2D eigenvalue weighted by Gasteiger charge is 2.44. The van der Waals surface area contributed by atoms with E-state index in [-0.39, 0.29) is 17.6 Å².